The highest BCUT2D eigenvalue weighted by molar-refractivity contribution is 5.22. The molecule has 2 N–H and O–H groups in total. The van der Waals surface area contributed by atoms with E-state index in [1.807, 2.05) is 20.8 Å². The lowest BCUT2D eigenvalue weighted by Gasteiger charge is -2.08. The van der Waals surface area contributed by atoms with Crippen LogP contribution in [0.2, 0.25) is 0 Å². The first-order chi connectivity index (χ1) is 5.79. The van der Waals surface area contributed by atoms with Gasteiger partial charge in [-0.3, -0.25) is 0 Å². The van der Waals surface area contributed by atoms with Crippen molar-refractivity contribution in [1.29, 1.82) is 0 Å². The first-order valence-corrected chi connectivity index (χ1v) is 4.90. The monoisotopic (exact) mass is 167 g/mol. The van der Waals surface area contributed by atoms with Crippen LogP contribution >= 0.6 is 0 Å². The van der Waals surface area contributed by atoms with E-state index in [2.05, 4.69) is 18.2 Å². The van der Waals surface area contributed by atoms with Gasteiger partial charge in [-0.25, -0.2) is 0 Å². The van der Waals surface area contributed by atoms with Crippen molar-refractivity contribution in [2.24, 2.45) is 5.73 Å². The third kappa shape index (κ3) is 5.14. The number of hydrogen-bond donors (Lipinski definition) is 1. The topological polar surface area (TPSA) is 26.0 Å². The highest BCUT2D eigenvalue weighted by atomic mass is 14.6. The normalized spacial score (nSPS) is 17.5. The maximum Gasteiger partial charge on any atom is 0.00507 e. The van der Waals surface area contributed by atoms with Crippen LogP contribution in [0.25, 0.3) is 0 Å². The van der Waals surface area contributed by atoms with Crippen LogP contribution in [-0.4, -0.2) is 6.04 Å². The van der Waals surface area contributed by atoms with Crippen molar-refractivity contribution in [3.05, 3.63) is 23.8 Å². The quantitative estimate of drug-likeness (QED) is 0.672. The zero-order valence-corrected chi connectivity index (χ0v) is 8.51. The van der Waals surface area contributed by atoms with E-state index in [-0.39, 0.29) is 0 Å². The Morgan fingerprint density at radius 3 is 2.50 bits per heavy atom. The Morgan fingerprint density at radius 1 is 1.42 bits per heavy atom. The molecule has 1 aliphatic carbocycles. The summed E-state index contributed by atoms with van der Waals surface area (Å²) in [6.07, 6.45) is 10.1. The number of allylic oxidation sites excluding steroid dienone is 3. The molecule has 1 rings (SSSR count). The molecule has 0 aromatic carbocycles. The molecule has 0 radical (unpaired) electrons. The van der Waals surface area contributed by atoms with Gasteiger partial charge in [0.1, 0.15) is 0 Å². The predicted octanol–water partition coefficient (Wildman–Crippen LogP) is 3.03. The summed E-state index contributed by atoms with van der Waals surface area (Å²) in [5, 5.41) is 0. The molecule has 0 aromatic heterocycles. The lowest BCUT2D eigenvalue weighted by Crippen LogP contribution is -2.15. The van der Waals surface area contributed by atoms with E-state index < -0.39 is 0 Å². The Bertz CT molecular complexity index is 154. The summed E-state index contributed by atoms with van der Waals surface area (Å²) in [7, 11) is 0. The molecule has 0 heterocycles. The van der Waals surface area contributed by atoms with E-state index >= 15 is 0 Å². The van der Waals surface area contributed by atoms with Crippen molar-refractivity contribution in [2.75, 3.05) is 0 Å². The van der Waals surface area contributed by atoms with Crippen LogP contribution in [0.15, 0.2) is 23.8 Å². The minimum Gasteiger partial charge on any atom is -0.328 e. The number of hydrogen-bond acceptors (Lipinski definition) is 1. The molecule has 0 aliphatic heterocycles. The fraction of sp³-hybridized carbons (Fsp3) is 0.636. The van der Waals surface area contributed by atoms with Gasteiger partial charge >= 0.3 is 0 Å². The lowest BCUT2D eigenvalue weighted by molar-refractivity contribution is 0.734. The van der Waals surface area contributed by atoms with Crippen LogP contribution < -0.4 is 5.73 Å². The maximum absolute atomic E-state index is 5.65. The van der Waals surface area contributed by atoms with Gasteiger partial charge in [-0.1, -0.05) is 37.6 Å². The van der Waals surface area contributed by atoms with E-state index in [9.17, 15) is 0 Å². The summed E-state index contributed by atoms with van der Waals surface area (Å²) in [6.45, 7) is 6.04. The first-order valence-electron chi connectivity index (χ1n) is 4.90. The highest BCUT2D eigenvalue weighted by Gasteiger charge is 1.99. The largest absolute Gasteiger partial charge is 0.328 e. The van der Waals surface area contributed by atoms with Crippen molar-refractivity contribution in [3.63, 3.8) is 0 Å². The van der Waals surface area contributed by atoms with Crippen LogP contribution in [0.4, 0.5) is 0 Å². The number of nitrogens with two attached hydrogens (primary N) is 1. The summed E-state index contributed by atoms with van der Waals surface area (Å²) < 4.78 is 0. The minimum atomic E-state index is 0.300. The molecule has 70 valence electrons. The van der Waals surface area contributed by atoms with E-state index in [1.165, 1.54) is 18.4 Å². The summed E-state index contributed by atoms with van der Waals surface area (Å²) in [5.74, 6) is 0. The van der Waals surface area contributed by atoms with E-state index in [0.717, 1.165) is 6.42 Å². The second-order valence-electron chi connectivity index (χ2n) is 2.94. The van der Waals surface area contributed by atoms with Crippen molar-refractivity contribution in [3.8, 4) is 0 Å². The molecular formula is C11H21N. The van der Waals surface area contributed by atoms with Gasteiger partial charge in [-0.2, -0.15) is 0 Å². The van der Waals surface area contributed by atoms with Gasteiger partial charge < -0.3 is 5.73 Å². The molecule has 1 heteroatoms. The summed E-state index contributed by atoms with van der Waals surface area (Å²) in [5.41, 5.74) is 7.05. The van der Waals surface area contributed by atoms with Crippen LogP contribution in [0.3, 0.4) is 0 Å². The molecule has 0 aromatic rings. The maximum atomic E-state index is 5.65. The Kier molecular flexibility index (Phi) is 6.78. The van der Waals surface area contributed by atoms with Crippen LogP contribution in [0.1, 0.15) is 40.0 Å². The molecule has 1 aliphatic rings. The summed E-state index contributed by atoms with van der Waals surface area (Å²) >= 11 is 0. The van der Waals surface area contributed by atoms with Gasteiger partial charge in [-0.15, -0.1) is 0 Å². The molecule has 0 bridgehead atoms. The zero-order chi connectivity index (χ0) is 9.40. The standard InChI is InChI=1S/C9H15N.C2H6/c1-8(10)7-9-5-3-2-4-6-9;1-2/h3,5-6,8H,2,4,7,10H2,1H3;1-2H3. The SMILES string of the molecule is CC.CC(N)CC1=CCCC=C1. The second kappa shape index (κ2) is 7.11. The molecule has 1 nitrogen and oxygen atoms in total. The van der Waals surface area contributed by atoms with E-state index in [1.54, 1.807) is 0 Å². The van der Waals surface area contributed by atoms with Gasteiger partial charge in [0.15, 0.2) is 0 Å². The molecule has 1 atom stereocenters. The van der Waals surface area contributed by atoms with Crippen LogP contribution in [0.5, 0.6) is 0 Å². The number of rotatable bonds is 2. The molecule has 0 spiro atoms. The van der Waals surface area contributed by atoms with Gasteiger partial charge in [0.25, 0.3) is 0 Å². The smallest absolute Gasteiger partial charge is 0.00507 e. The lowest BCUT2D eigenvalue weighted by atomic mass is 10.0. The van der Waals surface area contributed by atoms with Gasteiger partial charge in [0.05, 0.1) is 0 Å². The van der Waals surface area contributed by atoms with Gasteiger partial charge in [0, 0.05) is 6.04 Å². The summed E-state index contributed by atoms with van der Waals surface area (Å²) in [4.78, 5) is 0. The highest BCUT2D eigenvalue weighted by Crippen LogP contribution is 2.13. The summed E-state index contributed by atoms with van der Waals surface area (Å²) in [6, 6.07) is 0.300. The Balaban J connectivity index is 0.000000561. The van der Waals surface area contributed by atoms with E-state index in [4.69, 9.17) is 5.73 Å². The molecule has 0 saturated heterocycles. The molecule has 0 saturated carbocycles. The Labute approximate surface area is 76.3 Å². The first kappa shape index (κ1) is 11.4. The van der Waals surface area contributed by atoms with E-state index in [0.29, 0.717) is 6.04 Å². The third-order valence-corrected chi connectivity index (χ3v) is 1.63. The Morgan fingerprint density at radius 2 is 2.08 bits per heavy atom. The fourth-order valence-corrected chi connectivity index (χ4v) is 1.19. The average Bonchev–Trinajstić information content (AvgIpc) is 2.08. The van der Waals surface area contributed by atoms with Gasteiger partial charge in [0.2, 0.25) is 0 Å². The van der Waals surface area contributed by atoms with Crippen LogP contribution in [-0.2, 0) is 0 Å². The molecule has 0 fully saturated rings. The zero-order valence-electron chi connectivity index (χ0n) is 8.51. The second-order valence-corrected chi connectivity index (χ2v) is 2.94. The van der Waals surface area contributed by atoms with Crippen molar-refractivity contribution < 1.29 is 0 Å². The Hall–Kier alpha value is -0.560. The fourth-order valence-electron chi connectivity index (χ4n) is 1.19. The van der Waals surface area contributed by atoms with Crippen LogP contribution in [0, 0.1) is 0 Å². The van der Waals surface area contributed by atoms with Crippen molar-refractivity contribution >= 4 is 0 Å². The van der Waals surface area contributed by atoms with Crippen molar-refractivity contribution in [1.82, 2.24) is 0 Å². The predicted molar refractivity (Wildman–Crippen MR) is 56.1 cm³/mol. The van der Waals surface area contributed by atoms with Gasteiger partial charge in [-0.05, 0) is 26.2 Å². The average molecular weight is 167 g/mol. The third-order valence-electron chi connectivity index (χ3n) is 1.63. The molecule has 1 unspecified atom stereocenters. The molecule has 12 heavy (non-hydrogen) atoms. The minimum absolute atomic E-state index is 0.300. The van der Waals surface area contributed by atoms with Crippen molar-refractivity contribution in [2.45, 2.75) is 46.1 Å². The molecule has 0 amide bonds. The molecular weight excluding hydrogens is 146 g/mol.